The zero-order valence-electron chi connectivity index (χ0n) is 6.66. The number of hydroxylamine groups is 1. The number of benzene rings is 1. The van der Waals surface area contributed by atoms with E-state index in [0.717, 1.165) is 12.2 Å². The fraction of sp³-hybridized carbons (Fsp3) is 0.333. The van der Waals surface area contributed by atoms with Crippen LogP contribution in [0.25, 0.3) is 0 Å². The highest BCUT2D eigenvalue weighted by molar-refractivity contribution is 7.99. The molecular formula is C9H11NOS. The molecule has 0 radical (unpaired) electrons. The van der Waals surface area contributed by atoms with Crippen LogP contribution < -0.4 is 5.48 Å². The van der Waals surface area contributed by atoms with E-state index < -0.39 is 0 Å². The molecule has 1 aromatic rings. The van der Waals surface area contributed by atoms with Crippen molar-refractivity contribution in [3.63, 3.8) is 0 Å². The molecule has 64 valence electrons. The molecule has 1 aliphatic rings. The molecule has 0 fully saturated rings. The predicted molar refractivity (Wildman–Crippen MR) is 49.4 cm³/mol. The van der Waals surface area contributed by atoms with E-state index in [-0.39, 0.29) is 6.04 Å². The number of fused-ring (bicyclic) bond motifs is 1. The van der Waals surface area contributed by atoms with E-state index in [1.54, 1.807) is 0 Å². The summed E-state index contributed by atoms with van der Waals surface area (Å²) in [5.41, 5.74) is 3.57. The quantitative estimate of drug-likeness (QED) is 0.651. The van der Waals surface area contributed by atoms with Gasteiger partial charge in [0.15, 0.2) is 0 Å². The van der Waals surface area contributed by atoms with E-state index in [2.05, 4.69) is 17.6 Å². The maximum absolute atomic E-state index is 8.88. The van der Waals surface area contributed by atoms with Crippen molar-refractivity contribution in [2.24, 2.45) is 0 Å². The van der Waals surface area contributed by atoms with Crippen LogP contribution in [0.1, 0.15) is 18.0 Å². The van der Waals surface area contributed by atoms with Crippen LogP contribution in [0.2, 0.25) is 0 Å². The minimum Gasteiger partial charge on any atom is -0.316 e. The summed E-state index contributed by atoms with van der Waals surface area (Å²) in [6, 6.07) is 8.34. The molecule has 0 aliphatic carbocycles. The molecule has 0 spiro atoms. The SMILES string of the molecule is ONC1CCSc2ccccc21. The van der Waals surface area contributed by atoms with Crippen molar-refractivity contribution in [3.8, 4) is 0 Å². The lowest BCUT2D eigenvalue weighted by molar-refractivity contribution is 0.123. The average Bonchev–Trinajstić information content (AvgIpc) is 2.17. The van der Waals surface area contributed by atoms with Gasteiger partial charge in [-0.3, -0.25) is 0 Å². The number of thioether (sulfide) groups is 1. The van der Waals surface area contributed by atoms with Crippen molar-refractivity contribution in [3.05, 3.63) is 29.8 Å². The first-order valence-corrected chi connectivity index (χ1v) is 5.01. The molecule has 0 saturated heterocycles. The molecule has 1 aliphatic heterocycles. The summed E-state index contributed by atoms with van der Waals surface area (Å²) in [6.07, 6.45) is 0.998. The monoisotopic (exact) mass is 181 g/mol. The minimum absolute atomic E-state index is 0.127. The summed E-state index contributed by atoms with van der Waals surface area (Å²) in [5, 5.41) is 8.88. The standard InChI is InChI=1S/C9H11NOS/c11-10-8-5-6-12-9-4-2-1-3-7(8)9/h1-4,8,10-11H,5-6H2. The zero-order chi connectivity index (χ0) is 8.39. The van der Waals surface area contributed by atoms with Gasteiger partial charge in [-0.1, -0.05) is 18.2 Å². The van der Waals surface area contributed by atoms with Gasteiger partial charge in [-0.05, 0) is 23.8 Å². The Morgan fingerprint density at radius 2 is 2.25 bits per heavy atom. The van der Waals surface area contributed by atoms with Crippen molar-refractivity contribution >= 4 is 11.8 Å². The van der Waals surface area contributed by atoms with Crippen LogP contribution in [0.4, 0.5) is 0 Å². The Balaban J connectivity index is 2.37. The van der Waals surface area contributed by atoms with Crippen LogP contribution >= 0.6 is 11.8 Å². The zero-order valence-corrected chi connectivity index (χ0v) is 7.47. The first kappa shape index (κ1) is 8.10. The average molecular weight is 181 g/mol. The summed E-state index contributed by atoms with van der Waals surface area (Å²) in [4.78, 5) is 1.29. The third-order valence-corrected chi connectivity index (χ3v) is 3.24. The van der Waals surface area contributed by atoms with Crippen molar-refractivity contribution in [2.75, 3.05) is 5.75 Å². The number of hydrogen-bond donors (Lipinski definition) is 2. The number of hydrogen-bond acceptors (Lipinski definition) is 3. The predicted octanol–water partition coefficient (Wildman–Crippen LogP) is 2.20. The maximum atomic E-state index is 8.88. The highest BCUT2D eigenvalue weighted by atomic mass is 32.2. The molecule has 1 heterocycles. The van der Waals surface area contributed by atoms with Gasteiger partial charge in [-0.2, -0.15) is 5.48 Å². The molecule has 2 N–H and O–H groups in total. The van der Waals surface area contributed by atoms with Crippen molar-refractivity contribution in [1.29, 1.82) is 0 Å². The van der Waals surface area contributed by atoms with Gasteiger partial charge < -0.3 is 5.21 Å². The van der Waals surface area contributed by atoms with E-state index in [1.807, 2.05) is 23.9 Å². The summed E-state index contributed by atoms with van der Waals surface area (Å²) < 4.78 is 0. The highest BCUT2D eigenvalue weighted by Crippen LogP contribution is 2.35. The fourth-order valence-electron chi connectivity index (χ4n) is 1.48. The molecule has 1 unspecified atom stereocenters. The second kappa shape index (κ2) is 3.47. The van der Waals surface area contributed by atoms with Crippen LogP contribution in [-0.2, 0) is 0 Å². The molecule has 12 heavy (non-hydrogen) atoms. The fourth-order valence-corrected chi connectivity index (χ4v) is 2.60. The normalized spacial score (nSPS) is 21.9. The lowest BCUT2D eigenvalue weighted by atomic mass is 10.1. The second-order valence-electron chi connectivity index (χ2n) is 2.86. The van der Waals surface area contributed by atoms with Crippen molar-refractivity contribution < 1.29 is 5.21 Å². The first-order chi connectivity index (χ1) is 5.92. The molecular weight excluding hydrogens is 170 g/mol. The summed E-state index contributed by atoms with van der Waals surface area (Å²) >= 11 is 1.86. The Bertz CT molecular complexity index is 277. The Labute approximate surface area is 75.9 Å². The van der Waals surface area contributed by atoms with Gasteiger partial charge in [0.05, 0.1) is 6.04 Å². The number of rotatable bonds is 1. The summed E-state index contributed by atoms with van der Waals surface area (Å²) in [7, 11) is 0. The maximum Gasteiger partial charge on any atom is 0.0587 e. The van der Waals surface area contributed by atoms with Gasteiger partial charge in [0, 0.05) is 4.90 Å². The van der Waals surface area contributed by atoms with Crippen LogP contribution in [0.15, 0.2) is 29.2 Å². The smallest absolute Gasteiger partial charge is 0.0587 e. The van der Waals surface area contributed by atoms with Gasteiger partial charge in [0.25, 0.3) is 0 Å². The van der Waals surface area contributed by atoms with Crippen LogP contribution in [0.3, 0.4) is 0 Å². The molecule has 0 amide bonds. The third-order valence-electron chi connectivity index (χ3n) is 2.11. The molecule has 0 saturated carbocycles. The Morgan fingerprint density at radius 3 is 3.08 bits per heavy atom. The van der Waals surface area contributed by atoms with E-state index in [4.69, 9.17) is 5.21 Å². The molecule has 2 nitrogen and oxygen atoms in total. The minimum atomic E-state index is 0.127. The molecule has 2 rings (SSSR count). The second-order valence-corrected chi connectivity index (χ2v) is 3.99. The van der Waals surface area contributed by atoms with E-state index in [1.165, 1.54) is 10.5 Å². The first-order valence-electron chi connectivity index (χ1n) is 4.03. The molecule has 0 bridgehead atoms. The summed E-state index contributed by atoms with van der Waals surface area (Å²) in [6.45, 7) is 0. The van der Waals surface area contributed by atoms with E-state index in [0.29, 0.717) is 0 Å². The molecule has 1 aromatic carbocycles. The topological polar surface area (TPSA) is 32.3 Å². The van der Waals surface area contributed by atoms with Crippen LogP contribution in [-0.4, -0.2) is 11.0 Å². The molecule has 0 aromatic heterocycles. The summed E-state index contributed by atoms with van der Waals surface area (Å²) in [5.74, 6) is 1.08. The third kappa shape index (κ3) is 1.35. The largest absolute Gasteiger partial charge is 0.316 e. The Morgan fingerprint density at radius 1 is 1.42 bits per heavy atom. The van der Waals surface area contributed by atoms with E-state index >= 15 is 0 Å². The number of nitrogens with one attached hydrogen (secondary N) is 1. The Kier molecular flexibility index (Phi) is 2.35. The highest BCUT2D eigenvalue weighted by Gasteiger charge is 2.18. The van der Waals surface area contributed by atoms with Gasteiger partial charge in [0.1, 0.15) is 0 Å². The van der Waals surface area contributed by atoms with E-state index in [9.17, 15) is 0 Å². The molecule has 3 heteroatoms. The lowest BCUT2D eigenvalue weighted by Crippen LogP contribution is -2.20. The van der Waals surface area contributed by atoms with Crippen LogP contribution in [0, 0.1) is 0 Å². The Hall–Kier alpha value is -0.510. The molecule has 1 atom stereocenters. The van der Waals surface area contributed by atoms with Gasteiger partial charge in [-0.25, -0.2) is 0 Å². The van der Waals surface area contributed by atoms with Crippen LogP contribution in [0.5, 0.6) is 0 Å². The van der Waals surface area contributed by atoms with Gasteiger partial charge in [-0.15, -0.1) is 11.8 Å². The van der Waals surface area contributed by atoms with Crippen molar-refractivity contribution in [1.82, 2.24) is 5.48 Å². The van der Waals surface area contributed by atoms with Gasteiger partial charge in [0.2, 0.25) is 0 Å². The lowest BCUT2D eigenvalue weighted by Gasteiger charge is -2.23. The van der Waals surface area contributed by atoms with Gasteiger partial charge >= 0.3 is 0 Å². The van der Waals surface area contributed by atoms with Crippen molar-refractivity contribution in [2.45, 2.75) is 17.4 Å².